The van der Waals surface area contributed by atoms with Crippen LogP contribution in [0.2, 0.25) is 0 Å². The van der Waals surface area contributed by atoms with E-state index in [0.29, 0.717) is 12.3 Å². The molecule has 1 unspecified atom stereocenters. The first-order chi connectivity index (χ1) is 8.92. The fraction of sp³-hybridized carbons (Fsp3) is 0.364. The van der Waals surface area contributed by atoms with Crippen LogP contribution >= 0.6 is 0 Å². The van der Waals surface area contributed by atoms with Crippen LogP contribution in [0.3, 0.4) is 0 Å². The van der Waals surface area contributed by atoms with Gasteiger partial charge in [-0.2, -0.15) is 0 Å². The van der Waals surface area contributed by atoms with Crippen molar-refractivity contribution in [2.24, 2.45) is 0 Å². The van der Waals surface area contributed by atoms with Crippen LogP contribution in [0.4, 0.5) is 5.69 Å². The average molecular weight is 285 g/mol. The van der Waals surface area contributed by atoms with E-state index in [-0.39, 0.29) is 22.9 Å². The monoisotopic (exact) mass is 285 g/mol. The highest BCUT2D eigenvalue weighted by molar-refractivity contribution is 7.89. The van der Waals surface area contributed by atoms with Crippen molar-refractivity contribution in [3.05, 3.63) is 18.2 Å². The van der Waals surface area contributed by atoms with E-state index in [1.807, 2.05) is 0 Å². The zero-order valence-electron chi connectivity index (χ0n) is 10.3. The Morgan fingerprint density at radius 1 is 1.47 bits per heavy atom. The molecule has 0 aliphatic carbocycles. The Hall–Kier alpha value is -1.80. The minimum Gasteiger partial charge on any atom is -0.495 e. The van der Waals surface area contributed by atoms with Crippen LogP contribution in [0.25, 0.3) is 0 Å². The number of carbonyl (C=O) groups is 1. The number of nitrogen functional groups attached to an aromatic ring is 1. The SMILES string of the molecule is COc1ccc(S(=O)(=O)NC2CNC(=O)C2)cc1N. The van der Waals surface area contributed by atoms with E-state index in [0.717, 1.165) is 0 Å². The van der Waals surface area contributed by atoms with Gasteiger partial charge < -0.3 is 15.8 Å². The molecule has 0 saturated carbocycles. The summed E-state index contributed by atoms with van der Waals surface area (Å²) in [7, 11) is -2.24. The Morgan fingerprint density at radius 3 is 2.74 bits per heavy atom. The van der Waals surface area contributed by atoms with Crippen molar-refractivity contribution < 1.29 is 17.9 Å². The molecule has 7 nitrogen and oxygen atoms in total. The molecule has 1 fully saturated rings. The number of hydrogen-bond acceptors (Lipinski definition) is 5. The van der Waals surface area contributed by atoms with Crippen molar-refractivity contribution >= 4 is 21.6 Å². The van der Waals surface area contributed by atoms with Crippen molar-refractivity contribution in [3.63, 3.8) is 0 Å². The predicted octanol–water partition coefficient (Wildman–Crippen LogP) is -0.556. The zero-order chi connectivity index (χ0) is 14.0. The lowest BCUT2D eigenvalue weighted by atomic mass is 10.3. The first kappa shape index (κ1) is 13.6. The summed E-state index contributed by atoms with van der Waals surface area (Å²) in [6, 6.07) is 3.79. The summed E-state index contributed by atoms with van der Waals surface area (Å²) in [5.41, 5.74) is 5.92. The van der Waals surface area contributed by atoms with Gasteiger partial charge in [0.25, 0.3) is 0 Å². The third-order valence-electron chi connectivity index (χ3n) is 2.81. The smallest absolute Gasteiger partial charge is 0.240 e. The molecule has 0 radical (unpaired) electrons. The Bertz CT molecular complexity index is 600. The number of amides is 1. The maximum absolute atomic E-state index is 12.1. The maximum Gasteiger partial charge on any atom is 0.240 e. The summed E-state index contributed by atoms with van der Waals surface area (Å²) in [6.07, 6.45) is 0.144. The van der Waals surface area contributed by atoms with Crippen molar-refractivity contribution in [2.45, 2.75) is 17.4 Å². The zero-order valence-corrected chi connectivity index (χ0v) is 11.2. The van der Waals surface area contributed by atoms with E-state index in [2.05, 4.69) is 10.0 Å². The van der Waals surface area contributed by atoms with Crippen LogP contribution in [-0.2, 0) is 14.8 Å². The number of sulfonamides is 1. The third kappa shape index (κ3) is 2.96. The van der Waals surface area contributed by atoms with E-state index in [1.165, 1.54) is 25.3 Å². The first-order valence-corrected chi connectivity index (χ1v) is 7.13. The van der Waals surface area contributed by atoms with Crippen LogP contribution in [0, 0.1) is 0 Å². The van der Waals surface area contributed by atoms with E-state index >= 15 is 0 Å². The molecule has 8 heteroatoms. The van der Waals surface area contributed by atoms with E-state index in [1.54, 1.807) is 0 Å². The first-order valence-electron chi connectivity index (χ1n) is 5.65. The van der Waals surface area contributed by atoms with Crippen molar-refractivity contribution in [3.8, 4) is 5.75 Å². The van der Waals surface area contributed by atoms with E-state index < -0.39 is 16.1 Å². The lowest BCUT2D eigenvalue weighted by Crippen LogP contribution is -2.36. The van der Waals surface area contributed by atoms with Crippen LogP contribution in [0.5, 0.6) is 5.75 Å². The van der Waals surface area contributed by atoms with Gasteiger partial charge in [-0.05, 0) is 18.2 Å². The highest BCUT2D eigenvalue weighted by Gasteiger charge is 2.27. The van der Waals surface area contributed by atoms with Crippen molar-refractivity contribution in [1.29, 1.82) is 0 Å². The standard InChI is InChI=1S/C11H15N3O4S/c1-18-10-3-2-8(5-9(10)12)19(16,17)14-7-4-11(15)13-6-7/h2-3,5,7,14H,4,6,12H2,1H3,(H,13,15). The molecule has 0 bridgehead atoms. The molecular weight excluding hydrogens is 270 g/mol. The molecular formula is C11H15N3O4S. The Balaban J connectivity index is 2.19. The topological polar surface area (TPSA) is 111 Å². The van der Waals surface area contributed by atoms with Gasteiger partial charge in [-0.1, -0.05) is 0 Å². The molecule has 1 heterocycles. The van der Waals surface area contributed by atoms with Gasteiger partial charge in [0.15, 0.2) is 0 Å². The molecule has 0 aromatic heterocycles. The summed E-state index contributed by atoms with van der Waals surface area (Å²) in [5, 5.41) is 2.56. The van der Waals surface area contributed by atoms with Gasteiger partial charge in [0, 0.05) is 19.0 Å². The Labute approximate surface area is 111 Å². The normalized spacial score (nSPS) is 19.2. The van der Waals surface area contributed by atoms with Gasteiger partial charge in [0.05, 0.1) is 17.7 Å². The van der Waals surface area contributed by atoms with Gasteiger partial charge in [-0.25, -0.2) is 13.1 Å². The maximum atomic E-state index is 12.1. The molecule has 1 aromatic rings. The molecule has 0 spiro atoms. The second kappa shape index (κ2) is 5.06. The fourth-order valence-electron chi connectivity index (χ4n) is 1.86. The molecule has 4 N–H and O–H groups in total. The summed E-state index contributed by atoms with van der Waals surface area (Å²) in [4.78, 5) is 11.1. The Morgan fingerprint density at radius 2 is 2.21 bits per heavy atom. The number of nitrogens with two attached hydrogens (primary N) is 1. The molecule has 1 aliphatic rings. The number of hydrogen-bond donors (Lipinski definition) is 3. The molecule has 1 atom stereocenters. The second-order valence-corrected chi connectivity index (χ2v) is 5.94. The van der Waals surface area contributed by atoms with Crippen LogP contribution in [0.1, 0.15) is 6.42 Å². The molecule has 1 amide bonds. The Kier molecular flexibility index (Phi) is 3.63. The van der Waals surface area contributed by atoms with Crippen molar-refractivity contribution in [1.82, 2.24) is 10.0 Å². The number of nitrogens with one attached hydrogen (secondary N) is 2. The fourth-order valence-corrected chi connectivity index (χ4v) is 3.13. The van der Waals surface area contributed by atoms with Crippen LogP contribution in [-0.4, -0.2) is 34.0 Å². The highest BCUT2D eigenvalue weighted by Crippen LogP contribution is 2.24. The van der Waals surface area contributed by atoms with Gasteiger partial charge >= 0.3 is 0 Å². The number of ether oxygens (including phenoxy) is 1. The van der Waals surface area contributed by atoms with Gasteiger partial charge in [0.2, 0.25) is 15.9 Å². The summed E-state index contributed by atoms with van der Waals surface area (Å²) < 4.78 is 31.6. The quantitative estimate of drug-likeness (QED) is 0.642. The number of methoxy groups -OCH3 is 1. The molecule has 1 saturated heterocycles. The van der Waals surface area contributed by atoms with Crippen LogP contribution < -0.4 is 20.5 Å². The lowest BCUT2D eigenvalue weighted by molar-refractivity contribution is -0.119. The van der Waals surface area contributed by atoms with E-state index in [9.17, 15) is 13.2 Å². The van der Waals surface area contributed by atoms with Gasteiger partial charge in [-0.15, -0.1) is 0 Å². The average Bonchev–Trinajstić information content (AvgIpc) is 2.73. The third-order valence-corrected chi connectivity index (χ3v) is 4.33. The summed E-state index contributed by atoms with van der Waals surface area (Å²) in [6.45, 7) is 0.295. The van der Waals surface area contributed by atoms with E-state index in [4.69, 9.17) is 10.5 Å². The summed E-state index contributed by atoms with van der Waals surface area (Å²) >= 11 is 0. The molecule has 1 aliphatic heterocycles. The molecule has 104 valence electrons. The molecule has 2 rings (SSSR count). The second-order valence-electron chi connectivity index (χ2n) is 4.23. The number of benzene rings is 1. The largest absolute Gasteiger partial charge is 0.495 e. The summed E-state index contributed by atoms with van der Waals surface area (Å²) in [5.74, 6) is 0.249. The predicted molar refractivity (Wildman–Crippen MR) is 69.1 cm³/mol. The highest BCUT2D eigenvalue weighted by atomic mass is 32.2. The van der Waals surface area contributed by atoms with Crippen molar-refractivity contribution in [2.75, 3.05) is 19.4 Å². The van der Waals surface area contributed by atoms with Crippen LogP contribution in [0.15, 0.2) is 23.1 Å². The van der Waals surface area contributed by atoms with Gasteiger partial charge in [-0.3, -0.25) is 4.79 Å². The molecule has 19 heavy (non-hydrogen) atoms. The number of rotatable bonds is 4. The number of anilines is 1. The minimum absolute atomic E-state index is 0.0464. The molecule has 1 aromatic carbocycles. The lowest BCUT2D eigenvalue weighted by Gasteiger charge is -2.12. The van der Waals surface area contributed by atoms with Gasteiger partial charge in [0.1, 0.15) is 5.75 Å². The number of carbonyl (C=O) groups excluding carboxylic acids is 1. The minimum atomic E-state index is -3.69.